The molecule has 1 saturated heterocycles. The monoisotopic (exact) mass is 144 g/mol. The predicted molar refractivity (Wildman–Crippen MR) is 36.3 cm³/mol. The zero-order valence-corrected chi connectivity index (χ0v) is 5.87. The molecule has 1 aliphatic rings. The first kappa shape index (κ1) is 7.50. The average Bonchev–Trinajstić information content (AvgIpc) is 2.10. The normalized spacial score (nSPS) is 40.0. The summed E-state index contributed by atoms with van der Waals surface area (Å²) in [5.74, 6) is -0.659. The van der Waals surface area contributed by atoms with Gasteiger partial charge in [-0.1, -0.05) is 6.92 Å². The number of carbonyl (C=O) groups is 1. The van der Waals surface area contributed by atoms with Crippen LogP contribution in [0.5, 0.6) is 0 Å². The minimum Gasteiger partial charge on any atom is -0.480 e. The van der Waals surface area contributed by atoms with E-state index in [9.17, 15) is 4.79 Å². The minimum absolute atomic E-state index is 0.143. The molecule has 4 nitrogen and oxygen atoms in total. The van der Waals surface area contributed by atoms with Gasteiger partial charge in [0.25, 0.3) is 0 Å². The van der Waals surface area contributed by atoms with Gasteiger partial charge >= 0.3 is 5.97 Å². The van der Waals surface area contributed by atoms with E-state index in [4.69, 9.17) is 10.8 Å². The molecule has 0 amide bonds. The van der Waals surface area contributed by atoms with Crippen LogP contribution in [0.2, 0.25) is 0 Å². The molecule has 0 saturated carbocycles. The van der Waals surface area contributed by atoms with E-state index in [0.717, 1.165) is 6.42 Å². The lowest BCUT2D eigenvalue weighted by atomic mass is 10.0. The molecule has 1 aliphatic heterocycles. The number of carboxylic acid groups (broad SMARTS) is 1. The maximum absolute atomic E-state index is 10.4. The van der Waals surface area contributed by atoms with Gasteiger partial charge in [0.1, 0.15) is 6.04 Å². The molecule has 4 N–H and O–H groups in total. The number of nitrogens with one attached hydrogen (secondary N) is 1. The van der Waals surface area contributed by atoms with Crippen molar-refractivity contribution in [3.63, 3.8) is 0 Å². The third-order valence-electron chi connectivity index (χ3n) is 1.85. The van der Waals surface area contributed by atoms with E-state index < -0.39 is 12.0 Å². The molecule has 0 aromatic heterocycles. The lowest BCUT2D eigenvalue weighted by Gasteiger charge is -2.08. The van der Waals surface area contributed by atoms with E-state index in [-0.39, 0.29) is 12.1 Å². The molecule has 0 aromatic rings. The van der Waals surface area contributed by atoms with Crippen LogP contribution in [0.15, 0.2) is 0 Å². The minimum atomic E-state index is -0.805. The van der Waals surface area contributed by atoms with Crippen LogP contribution in [0.3, 0.4) is 0 Å². The van der Waals surface area contributed by atoms with E-state index in [1.165, 1.54) is 0 Å². The molecule has 1 heterocycles. The molecule has 4 heteroatoms. The van der Waals surface area contributed by atoms with Crippen molar-refractivity contribution in [3.8, 4) is 0 Å². The van der Waals surface area contributed by atoms with Crippen molar-refractivity contribution < 1.29 is 9.90 Å². The highest BCUT2D eigenvalue weighted by Crippen LogP contribution is 2.16. The van der Waals surface area contributed by atoms with Crippen molar-refractivity contribution in [2.75, 3.05) is 0 Å². The molecule has 0 bridgehead atoms. The van der Waals surface area contributed by atoms with Gasteiger partial charge in [-0.15, -0.1) is 0 Å². The SMILES string of the molecule is C[C@@H]1C[C@H](N)N[C@H]1C(=O)O. The quantitative estimate of drug-likeness (QED) is 0.457. The Morgan fingerprint density at radius 3 is 2.60 bits per heavy atom. The Labute approximate surface area is 59.4 Å². The van der Waals surface area contributed by atoms with Crippen LogP contribution < -0.4 is 11.1 Å². The molecular formula is C6H12N2O2. The first-order valence-electron chi connectivity index (χ1n) is 3.35. The number of aliphatic carboxylic acids is 1. The Morgan fingerprint density at radius 1 is 1.80 bits per heavy atom. The van der Waals surface area contributed by atoms with Crippen molar-refractivity contribution in [1.82, 2.24) is 5.32 Å². The molecule has 0 aromatic carbocycles. The molecule has 58 valence electrons. The second-order valence-corrected chi connectivity index (χ2v) is 2.80. The lowest BCUT2D eigenvalue weighted by Crippen LogP contribution is -2.41. The molecule has 0 radical (unpaired) electrons. The van der Waals surface area contributed by atoms with Crippen molar-refractivity contribution >= 4 is 5.97 Å². The number of carboxylic acids is 1. The van der Waals surface area contributed by atoms with Gasteiger partial charge in [-0.05, 0) is 12.3 Å². The van der Waals surface area contributed by atoms with Gasteiger partial charge in [-0.25, -0.2) is 0 Å². The van der Waals surface area contributed by atoms with Gasteiger partial charge in [0, 0.05) is 0 Å². The number of nitrogens with two attached hydrogens (primary N) is 1. The maximum Gasteiger partial charge on any atom is 0.321 e. The van der Waals surface area contributed by atoms with Gasteiger partial charge in [0.2, 0.25) is 0 Å². The molecule has 10 heavy (non-hydrogen) atoms. The van der Waals surface area contributed by atoms with Crippen LogP contribution in [0, 0.1) is 5.92 Å². The van der Waals surface area contributed by atoms with Gasteiger partial charge in [-0.3, -0.25) is 10.1 Å². The summed E-state index contributed by atoms with van der Waals surface area (Å²) in [4.78, 5) is 10.4. The van der Waals surface area contributed by atoms with Crippen molar-refractivity contribution in [2.24, 2.45) is 11.7 Å². The fourth-order valence-electron chi connectivity index (χ4n) is 1.31. The molecule has 1 fully saturated rings. The summed E-state index contributed by atoms with van der Waals surface area (Å²) < 4.78 is 0. The van der Waals surface area contributed by atoms with Crippen molar-refractivity contribution in [3.05, 3.63) is 0 Å². The summed E-state index contributed by atoms with van der Waals surface area (Å²) in [7, 11) is 0. The number of rotatable bonds is 1. The first-order chi connectivity index (χ1) is 4.61. The van der Waals surface area contributed by atoms with E-state index in [2.05, 4.69) is 5.32 Å². The highest BCUT2D eigenvalue weighted by molar-refractivity contribution is 5.74. The Balaban J connectivity index is 2.54. The lowest BCUT2D eigenvalue weighted by molar-refractivity contribution is -0.140. The Hall–Kier alpha value is -0.610. The molecule has 3 atom stereocenters. The summed E-state index contributed by atoms with van der Waals surface area (Å²) in [6, 6.07) is -0.449. The summed E-state index contributed by atoms with van der Waals surface area (Å²) in [5.41, 5.74) is 5.48. The molecular weight excluding hydrogens is 132 g/mol. The first-order valence-corrected chi connectivity index (χ1v) is 3.35. The maximum atomic E-state index is 10.4. The summed E-state index contributed by atoms with van der Waals surface area (Å²) in [6.07, 6.45) is 0.604. The summed E-state index contributed by atoms with van der Waals surface area (Å²) in [5, 5.41) is 11.4. The highest BCUT2D eigenvalue weighted by Gasteiger charge is 2.33. The molecule has 1 rings (SSSR count). The smallest absolute Gasteiger partial charge is 0.321 e. The largest absolute Gasteiger partial charge is 0.480 e. The predicted octanol–water partition coefficient (Wildman–Crippen LogP) is -0.646. The van der Waals surface area contributed by atoms with Gasteiger partial charge in [0.15, 0.2) is 0 Å². The Morgan fingerprint density at radius 2 is 2.40 bits per heavy atom. The summed E-state index contributed by atoms with van der Waals surface area (Å²) >= 11 is 0. The third kappa shape index (κ3) is 1.27. The van der Waals surface area contributed by atoms with Gasteiger partial charge < -0.3 is 10.8 Å². The highest BCUT2D eigenvalue weighted by atomic mass is 16.4. The fraction of sp³-hybridized carbons (Fsp3) is 0.833. The third-order valence-corrected chi connectivity index (χ3v) is 1.85. The van der Waals surface area contributed by atoms with Gasteiger partial charge in [0.05, 0.1) is 6.17 Å². The van der Waals surface area contributed by atoms with Crippen LogP contribution in [-0.2, 0) is 4.79 Å². The molecule has 0 unspecified atom stereocenters. The Bertz CT molecular complexity index is 149. The number of hydrogen-bond donors (Lipinski definition) is 3. The average molecular weight is 144 g/mol. The molecule has 0 spiro atoms. The topological polar surface area (TPSA) is 75.3 Å². The van der Waals surface area contributed by atoms with Crippen LogP contribution >= 0.6 is 0 Å². The number of hydrogen-bond acceptors (Lipinski definition) is 3. The van der Waals surface area contributed by atoms with Crippen molar-refractivity contribution in [2.45, 2.75) is 25.6 Å². The Kier molecular flexibility index (Phi) is 1.92. The molecule has 0 aliphatic carbocycles. The van der Waals surface area contributed by atoms with Crippen LogP contribution in [-0.4, -0.2) is 23.3 Å². The van der Waals surface area contributed by atoms with Crippen molar-refractivity contribution in [1.29, 1.82) is 0 Å². The van der Waals surface area contributed by atoms with E-state index in [1.807, 2.05) is 6.92 Å². The van der Waals surface area contributed by atoms with E-state index in [0.29, 0.717) is 0 Å². The second-order valence-electron chi connectivity index (χ2n) is 2.80. The van der Waals surface area contributed by atoms with E-state index >= 15 is 0 Å². The van der Waals surface area contributed by atoms with Crippen LogP contribution in [0.1, 0.15) is 13.3 Å². The standard InChI is InChI=1S/C6H12N2O2/c1-3-2-4(7)8-5(3)6(9)10/h3-5,8H,2,7H2,1H3,(H,9,10)/t3-,4-,5-/m1/s1. The fourth-order valence-corrected chi connectivity index (χ4v) is 1.31. The zero-order chi connectivity index (χ0) is 7.72. The van der Waals surface area contributed by atoms with E-state index in [1.54, 1.807) is 0 Å². The van der Waals surface area contributed by atoms with Crippen LogP contribution in [0.25, 0.3) is 0 Å². The zero-order valence-electron chi connectivity index (χ0n) is 5.87. The van der Waals surface area contributed by atoms with Gasteiger partial charge in [-0.2, -0.15) is 0 Å². The van der Waals surface area contributed by atoms with Crippen LogP contribution in [0.4, 0.5) is 0 Å². The summed E-state index contributed by atoms with van der Waals surface area (Å²) in [6.45, 7) is 1.89. The second kappa shape index (κ2) is 2.56.